The van der Waals surface area contributed by atoms with E-state index in [1.54, 1.807) is 0 Å². The average Bonchev–Trinajstić information content (AvgIpc) is 2.99. The van der Waals surface area contributed by atoms with Crippen LogP contribution in [-0.2, 0) is 25.6 Å². The zero-order valence-corrected chi connectivity index (χ0v) is 14.9. The molecule has 0 spiro atoms. The molecule has 1 aliphatic rings. The fraction of sp³-hybridized carbons (Fsp3) is 0.632. The van der Waals surface area contributed by atoms with Gasteiger partial charge in [-0.2, -0.15) is 0 Å². The van der Waals surface area contributed by atoms with Crippen LogP contribution in [0.5, 0.6) is 0 Å². The molecular formula is C19H29NO4. The minimum atomic E-state index is -0.451. The van der Waals surface area contributed by atoms with E-state index < -0.39 is 5.60 Å². The van der Waals surface area contributed by atoms with E-state index in [0.29, 0.717) is 32.8 Å². The van der Waals surface area contributed by atoms with Gasteiger partial charge in [0.05, 0.1) is 12.7 Å². The lowest BCUT2D eigenvalue weighted by Gasteiger charge is -2.22. The Morgan fingerprint density at radius 1 is 1.21 bits per heavy atom. The van der Waals surface area contributed by atoms with Crippen molar-refractivity contribution in [3.63, 3.8) is 0 Å². The molecule has 1 aromatic rings. The number of rotatable bonds is 8. The van der Waals surface area contributed by atoms with Crippen molar-refractivity contribution in [2.75, 3.05) is 19.8 Å². The van der Waals surface area contributed by atoms with Crippen LogP contribution in [0, 0.1) is 0 Å². The summed E-state index contributed by atoms with van der Waals surface area (Å²) in [5, 5.41) is 3.17. The van der Waals surface area contributed by atoms with Crippen LogP contribution in [0.15, 0.2) is 30.3 Å². The summed E-state index contributed by atoms with van der Waals surface area (Å²) in [6.07, 6.45) is 1.58. The predicted molar refractivity (Wildman–Crippen MR) is 92.7 cm³/mol. The first-order chi connectivity index (χ1) is 11.4. The Kier molecular flexibility index (Phi) is 7.21. The summed E-state index contributed by atoms with van der Waals surface area (Å²) in [7, 11) is 0. The van der Waals surface area contributed by atoms with Gasteiger partial charge >= 0.3 is 5.97 Å². The Labute approximate surface area is 144 Å². The van der Waals surface area contributed by atoms with Gasteiger partial charge in [0.25, 0.3) is 0 Å². The quantitative estimate of drug-likeness (QED) is 0.585. The maximum absolute atomic E-state index is 12.0. The first-order valence-corrected chi connectivity index (χ1v) is 8.63. The maximum Gasteiger partial charge on any atom is 0.323 e. The standard InChI is InChI=1S/C19H29NO4/c1-19(2,3)24-18(21)17-12-16(13-20-17)23-11-7-10-22-14-15-8-5-4-6-9-15/h4-6,8-9,16-17,20H,7,10-14H2,1-3H3/t16?,17-/m1/s1. The van der Waals surface area contributed by atoms with Crippen molar-refractivity contribution in [2.24, 2.45) is 0 Å². The Bertz CT molecular complexity index is 498. The van der Waals surface area contributed by atoms with Crippen LogP contribution in [0.1, 0.15) is 39.2 Å². The third-order valence-electron chi connectivity index (χ3n) is 3.68. The Morgan fingerprint density at radius 2 is 1.96 bits per heavy atom. The number of carbonyl (C=O) groups excluding carboxylic acids is 1. The normalized spacial score (nSPS) is 21.0. The molecule has 0 radical (unpaired) electrons. The largest absolute Gasteiger partial charge is 0.459 e. The molecule has 0 aromatic heterocycles. The summed E-state index contributed by atoms with van der Waals surface area (Å²) in [6.45, 7) is 8.27. The minimum Gasteiger partial charge on any atom is -0.459 e. The molecule has 5 heteroatoms. The molecule has 2 atom stereocenters. The van der Waals surface area contributed by atoms with Gasteiger partial charge in [0.15, 0.2) is 0 Å². The molecule has 1 aliphatic heterocycles. The molecular weight excluding hydrogens is 306 g/mol. The minimum absolute atomic E-state index is 0.0663. The predicted octanol–water partition coefficient (Wildman–Crippen LogP) is 2.68. The lowest BCUT2D eigenvalue weighted by atomic mass is 10.1. The highest BCUT2D eigenvalue weighted by molar-refractivity contribution is 5.76. The van der Waals surface area contributed by atoms with E-state index in [-0.39, 0.29) is 18.1 Å². The van der Waals surface area contributed by atoms with Crippen molar-refractivity contribution in [1.29, 1.82) is 0 Å². The summed E-state index contributed by atoms with van der Waals surface area (Å²) in [4.78, 5) is 12.0. The van der Waals surface area contributed by atoms with Crippen molar-refractivity contribution < 1.29 is 19.0 Å². The third kappa shape index (κ3) is 6.99. The number of benzene rings is 1. The van der Waals surface area contributed by atoms with E-state index in [2.05, 4.69) is 17.4 Å². The van der Waals surface area contributed by atoms with Crippen molar-refractivity contribution >= 4 is 5.97 Å². The Balaban J connectivity index is 1.53. The number of esters is 1. The van der Waals surface area contributed by atoms with Gasteiger partial charge in [0.2, 0.25) is 0 Å². The average molecular weight is 335 g/mol. The van der Waals surface area contributed by atoms with E-state index in [4.69, 9.17) is 14.2 Å². The SMILES string of the molecule is CC(C)(C)OC(=O)[C@H]1CC(OCCCOCc2ccccc2)CN1. The second-order valence-corrected chi connectivity index (χ2v) is 7.11. The van der Waals surface area contributed by atoms with Crippen LogP contribution >= 0.6 is 0 Å². The van der Waals surface area contributed by atoms with Gasteiger partial charge in [-0.15, -0.1) is 0 Å². The highest BCUT2D eigenvalue weighted by atomic mass is 16.6. The van der Waals surface area contributed by atoms with Crippen molar-refractivity contribution in [3.05, 3.63) is 35.9 Å². The molecule has 2 rings (SSSR count). The first-order valence-electron chi connectivity index (χ1n) is 8.63. The number of hydrogen-bond donors (Lipinski definition) is 1. The summed E-state index contributed by atoms with van der Waals surface area (Å²) in [5.41, 5.74) is 0.729. The first kappa shape index (κ1) is 18.9. The summed E-state index contributed by atoms with van der Waals surface area (Å²) >= 11 is 0. The van der Waals surface area contributed by atoms with E-state index in [1.165, 1.54) is 5.56 Å². The van der Waals surface area contributed by atoms with E-state index in [0.717, 1.165) is 6.42 Å². The number of hydrogen-bond acceptors (Lipinski definition) is 5. The molecule has 0 aliphatic carbocycles. The maximum atomic E-state index is 12.0. The van der Waals surface area contributed by atoms with Gasteiger partial charge in [-0.05, 0) is 32.8 Å². The van der Waals surface area contributed by atoms with Crippen LogP contribution in [0.25, 0.3) is 0 Å². The molecule has 1 unspecified atom stereocenters. The third-order valence-corrected chi connectivity index (χ3v) is 3.68. The van der Waals surface area contributed by atoms with Crippen LogP contribution in [0.2, 0.25) is 0 Å². The van der Waals surface area contributed by atoms with E-state index in [9.17, 15) is 4.79 Å². The summed E-state index contributed by atoms with van der Waals surface area (Å²) in [5.74, 6) is -0.195. The van der Waals surface area contributed by atoms with Crippen molar-refractivity contribution in [1.82, 2.24) is 5.32 Å². The van der Waals surface area contributed by atoms with Crippen LogP contribution in [0.4, 0.5) is 0 Å². The highest BCUT2D eigenvalue weighted by Gasteiger charge is 2.32. The summed E-state index contributed by atoms with van der Waals surface area (Å²) < 4.78 is 16.8. The molecule has 1 saturated heterocycles. The Morgan fingerprint density at radius 3 is 2.67 bits per heavy atom. The fourth-order valence-corrected chi connectivity index (χ4v) is 2.56. The number of nitrogens with one attached hydrogen (secondary N) is 1. The lowest BCUT2D eigenvalue weighted by Crippen LogP contribution is -2.37. The molecule has 1 fully saturated rings. The molecule has 5 nitrogen and oxygen atoms in total. The molecule has 1 N–H and O–H groups in total. The molecule has 1 heterocycles. The molecule has 24 heavy (non-hydrogen) atoms. The van der Waals surface area contributed by atoms with Gasteiger partial charge in [0, 0.05) is 26.2 Å². The van der Waals surface area contributed by atoms with Gasteiger partial charge in [-0.3, -0.25) is 4.79 Å². The van der Waals surface area contributed by atoms with E-state index >= 15 is 0 Å². The van der Waals surface area contributed by atoms with Crippen LogP contribution in [0.3, 0.4) is 0 Å². The van der Waals surface area contributed by atoms with Gasteiger partial charge in [-0.1, -0.05) is 30.3 Å². The van der Waals surface area contributed by atoms with Crippen molar-refractivity contribution in [3.8, 4) is 0 Å². The molecule has 1 aromatic carbocycles. The highest BCUT2D eigenvalue weighted by Crippen LogP contribution is 2.16. The topological polar surface area (TPSA) is 56.8 Å². The monoisotopic (exact) mass is 335 g/mol. The lowest BCUT2D eigenvalue weighted by molar-refractivity contribution is -0.157. The number of carbonyl (C=O) groups is 1. The smallest absolute Gasteiger partial charge is 0.323 e. The second-order valence-electron chi connectivity index (χ2n) is 7.11. The number of ether oxygens (including phenoxy) is 3. The van der Waals surface area contributed by atoms with Gasteiger partial charge in [0.1, 0.15) is 11.6 Å². The van der Waals surface area contributed by atoms with Gasteiger partial charge < -0.3 is 19.5 Å². The second kappa shape index (κ2) is 9.16. The van der Waals surface area contributed by atoms with Crippen LogP contribution < -0.4 is 5.32 Å². The Hall–Kier alpha value is -1.43. The zero-order chi connectivity index (χ0) is 17.4. The molecule has 0 amide bonds. The summed E-state index contributed by atoms with van der Waals surface area (Å²) in [6, 6.07) is 9.86. The van der Waals surface area contributed by atoms with Crippen LogP contribution in [-0.4, -0.2) is 43.5 Å². The van der Waals surface area contributed by atoms with Gasteiger partial charge in [-0.25, -0.2) is 0 Å². The van der Waals surface area contributed by atoms with E-state index in [1.807, 2.05) is 39.0 Å². The zero-order valence-electron chi connectivity index (χ0n) is 14.9. The molecule has 0 bridgehead atoms. The fourth-order valence-electron chi connectivity index (χ4n) is 2.56. The molecule has 134 valence electrons. The molecule has 0 saturated carbocycles. The van der Waals surface area contributed by atoms with Crippen molar-refractivity contribution in [2.45, 2.75) is 58.0 Å².